The highest BCUT2D eigenvalue weighted by Crippen LogP contribution is 2.42. The third-order valence-electron chi connectivity index (χ3n) is 2.31. The molecule has 0 radical (unpaired) electrons. The molecule has 0 rings (SSSR count). The largest absolute Gasteiger partial charge is 0.444 e. The van der Waals surface area contributed by atoms with Crippen LogP contribution in [0.3, 0.4) is 0 Å². The first kappa shape index (κ1) is 19.5. The Morgan fingerprint density at radius 2 is 1.43 bits per heavy atom. The van der Waals surface area contributed by atoms with Gasteiger partial charge in [-0.15, -0.1) is 0 Å². The van der Waals surface area contributed by atoms with Gasteiger partial charge in [0.25, 0.3) is 0 Å². The van der Waals surface area contributed by atoms with Crippen molar-refractivity contribution in [1.29, 1.82) is 0 Å². The first-order valence-corrected chi connectivity index (χ1v) is 5.66. The lowest BCUT2D eigenvalue weighted by molar-refractivity contribution is -0.293. The van der Waals surface area contributed by atoms with E-state index in [2.05, 4.69) is 4.74 Å². The van der Waals surface area contributed by atoms with Gasteiger partial charge >= 0.3 is 18.4 Å². The number of alkyl halides is 6. The zero-order chi connectivity index (χ0) is 17.2. The minimum atomic E-state index is -5.74. The summed E-state index contributed by atoms with van der Waals surface area (Å²) in [5.74, 6) is -3.99. The number of hydrogen-bond acceptors (Lipinski definition) is 3. The van der Waals surface area contributed by atoms with Gasteiger partial charge < -0.3 is 14.4 Å². The predicted molar refractivity (Wildman–Crippen MR) is 59.4 cm³/mol. The number of nitrogens with zero attached hydrogens (tertiary/aromatic N) is 1. The molecule has 0 fully saturated rings. The Hall–Kier alpha value is -1.48. The number of rotatable bonds is 3. The van der Waals surface area contributed by atoms with E-state index < -0.39 is 42.3 Å². The molecule has 21 heavy (non-hydrogen) atoms. The van der Waals surface area contributed by atoms with E-state index in [1.54, 1.807) is 0 Å². The molecule has 0 bridgehead atoms. The zero-order valence-electron chi connectivity index (χ0n) is 11.7. The maximum Gasteiger partial charge on any atom is 0.410 e. The molecule has 1 amide bonds. The highest BCUT2D eigenvalue weighted by molar-refractivity contribution is 5.73. The summed E-state index contributed by atoms with van der Waals surface area (Å²) < 4.78 is 80.0. The zero-order valence-corrected chi connectivity index (χ0v) is 11.7. The molecule has 0 heterocycles. The van der Waals surface area contributed by atoms with Crippen LogP contribution >= 0.6 is 0 Å². The van der Waals surface area contributed by atoms with Gasteiger partial charge in [0.05, 0.1) is 0 Å². The number of halogens is 6. The minimum Gasteiger partial charge on any atom is -0.444 e. The smallest absolute Gasteiger partial charge is 0.410 e. The molecule has 0 saturated carbocycles. The Morgan fingerprint density at radius 3 is 1.67 bits per heavy atom. The van der Waals surface area contributed by atoms with E-state index in [4.69, 9.17) is 0 Å². The summed E-state index contributed by atoms with van der Waals surface area (Å²) in [4.78, 5) is 22.2. The lowest BCUT2D eigenvalue weighted by Gasteiger charge is -2.34. The van der Waals surface area contributed by atoms with Crippen LogP contribution in [0.5, 0.6) is 0 Å². The highest BCUT2D eigenvalue weighted by atomic mass is 19.4. The summed E-state index contributed by atoms with van der Waals surface area (Å²) in [6.45, 7) is 4.12. The van der Waals surface area contributed by atoms with Crippen LogP contribution in [0.25, 0.3) is 0 Å². The summed E-state index contributed by atoms with van der Waals surface area (Å²) in [7, 11) is 0.637. The summed E-state index contributed by atoms with van der Waals surface area (Å²) in [5.41, 5.74) is -1.13. The van der Waals surface area contributed by atoms with Gasteiger partial charge in [0.1, 0.15) is 17.9 Å². The first-order valence-electron chi connectivity index (χ1n) is 5.66. The van der Waals surface area contributed by atoms with E-state index in [1.165, 1.54) is 20.8 Å². The number of aldehydes is 1. The number of carbonyl (C=O) groups excluding carboxylic acids is 2. The van der Waals surface area contributed by atoms with Crippen molar-refractivity contribution in [3.05, 3.63) is 0 Å². The number of hydrogen-bond donors (Lipinski definition) is 0. The van der Waals surface area contributed by atoms with Crippen molar-refractivity contribution in [2.45, 2.75) is 44.8 Å². The Morgan fingerprint density at radius 1 is 1.05 bits per heavy atom. The number of ether oxygens (including phenoxy) is 1. The molecule has 0 N–H and O–H groups in total. The van der Waals surface area contributed by atoms with Gasteiger partial charge in [-0.25, -0.2) is 4.79 Å². The van der Waals surface area contributed by atoms with Gasteiger partial charge in [0.2, 0.25) is 0 Å². The molecule has 0 aromatic heterocycles. The standard InChI is InChI=1S/C11H15F6NO3/c1-9(2,3)21-8(20)18(4)6(5-19)7(10(12,13)14)11(15,16)17/h5-7H,1-4H3. The van der Waals surface area contributed by atoms with Crippen molar-refractivity contribution in [3.8, 4) is 0 Å². The molecule has 1 atom stereocenters. The second kappa shape index (κ2) is 6.10. The van der Waals surface area contributed by atoms with Gasteiger partial charge in [-0.05, 0) is 20.8 Å². The fourth-order valence-electron chi connectivity index (χ4n) is 1.42. The van der Waals surface area contributed by atoms with Crippen molar-refractivity contribution in [1.82, 2.24) is 4.90 Å². The summed E-state index contributed by atoms with van der Waals surface area (Å²) in [5, 5.41) is 0. The molecule has 0 aromatic rings. The Kier molecular flexibility index (Phi) is 5.67. The van der Waals surface area contributed by atoms with Gasteiger partial charge in [0, 0.05) is 7.05 Å². The third kappa shape index (κ3) is 5.80. The molecule has 124 valence electrons. The van der Waals surface area contributed by atoms with Crippen molar-refractivity contribution >= 4 is 12.4 Å². The number of likely N-dealkylation sites (N-methyl/N-ethyl adjacent to an activating group) is 1. The van der Waals surface area contributed by atoms with Gasteiger partial charge in [-0.3, -0.25) is 0 Å². The fourth-order valence-corrected chi connectivity index (χ4v) is 1.42. The molecule has 10 heteroatoms. The van der Waals surface area contributed by atoms with Crippen molar-refractivity contribution in [3.63, 3.8) is 0 Å². The molecule has 0 saturated heterocycles. The lowest BCUT2D eigenvalue weighted by atomic mass is 9.98. The van der Waals surface area contributed by atoms with Crippen LogP contribution < -0.4 is 0 Å². The molecule has 4 nitrogen and oxygen atoms in total. The quantitative estimate of drug-likeness (QED) is 0.592. The Labute approximate surface area is 117 Å². The molecule has 0 aliphatic rings. The molecule has 0 aromatic carbocycles. The van der Waals surface area contributed by atoms with Crippen molar-refractivity contribution in [2.75, 3.05) is 7.05 Å². The maximum atomic E-state index is 12.6. The second-order valence-corrected chi connectivity index (χ2v) is 5.28. The Balaban J connectivity index is 5.46. The first-order chi connectivity index (χ1) is 9.11. The number of carbonyl (C=O) groups is 2. The normalized spacial score (nSPS) is 14.8. The second-order valence-electron chi connectivity index (χ2n) is 5.28. The fraction of sp³-hybridized carbons (Fsp3) is 0.818. The van der Waals surface area contributed by atoms with E-state index in [0.29, 0.717) is 7.05 Å². The van der Waals surface area contributed by atoms with Gasteiger partial charge in [-0.1, -0.05) is 0 Å². The topological polar surface area (TPSA) is 46.6 Å². The van der Waals surface area contributed by atoms with E-state index in [9.17, 15) is 35.9 Å². The van der Waals surface area contributed by atoms with Gasteiger partial charge in [0.15, 0.2) is 5.92 Å². The summed E-state index contributed by atoms with van der Waals surface area (Å²) in [6, 6.07) is -2.76. The molecular formula is C11H15F6NO3. The molecular weight excluding hydrogens is 308 g/mol. The highest BCUT2D eigenvalue weighted by Gasteiger charge is 2.62. The number of amides is 1. The van der Waals surface area contributed by atoms with Crippen LogP contribution in [-0.2, 0) is 9.53 Å². The van der Waals surface area contributed by atoms with E-state index in [0.717, 1.165) is 0 Å². The van der Waals surface area contributed by atoms with Crippen LogP contribution in [-0.4, -0.2) is 48.3 Å². The minimum absolute atomic E-state index is 0.0100. The van der Waals surface area contributed by atoms with E-state index >= 15 is 0 Å². The summed E-state index contributed by atoms with van der Waals surface area (Å²) in [6.07, 6.45) is -13.5. The molecule has 0 aliphatic heterocycles. The van der Waals surface area contributed by atoms with Crippen molar-refractivity contribution in [2.24, 2.45) is 5.92 Å². The SMILES string of the molecule is CN(C(=O)OC(C)(C)C)C(C=O)C(C(F)(F)F)C(F)(F)F. The maximum absolute atomic E-state index is 12.6. The van der Waals surface area contributed by atoms with Crippen LogP contribution in [0.4, 0.5) is 31.1 Å². The van der Waals surface area contributed by atoms with Crippen LogP contribution in [0.15, 0.2) is 0 Å². The average Bonchev–Trinajstić information content (AvgIpc) is 2.18. The van der Waals surface area contributed by atoms with Crippen LogP contribution in [0.1, 0.15) is 20.8 Å². The average molecular weight is 323 g/mol. The van der Waals surface area contributed by atoms with Gasteiger partial charge in [-0.2, -0.15) is 26.3 Å². The molecule has 0 spiro atoms. The van der Waals surface area contributed by atoms with Crippen LogP contribution in [0, 0.1) is 5.92 Å². The third-order valence-corrected chi connectivity index (χ3v) is 2.31. The van der Waals surface area contributed by atoms with Crippen molar-refractivity contribution < 1.29 is 40.7 Å². The molecule has 1 unspecified atom stereocenters. The van der Waals surface area contributed by atoms with E-state index in [1.807, 2.05) is 0 Å². The van der Waals surface area contributed by atoms with E-state index in [-0.39, 0.29) is 4.90 Å². The molecule has 0 aliphatic carbocycles. The Bertz CT molecular complexity index is 371. The lowest BCUT2D eigenvalue weighted by Crippen LogP contribution is -2.54. The van der Waals surface area contributed by atoms with Crippen LogP contribution in [0.2, 0.25) is 0 Å². The monoisotopic (exact) mass is 323 g/mol. The summed E-state index contributed by atoms with van der Waals surface area (Å²) >= 11 is 0. The predicted octanol–water partition coefficient (Wildman–Crippen LogP) is 3.16.